The van der Waals surface area contributed by atoms with Crippen molar-refractivity contribution in [1.29, 1.82) is 0 Å². The van der Waals surface area contributed by atoms with E-state index in [-0.39, 0.29) is 5.91 Å². The lowest BCUT2D eigenvalue weighted by Crippen LogP contribution is -2.39. The molecule has 1 amide bonds. The van der Waals surface area contributed by atoms with E-state index in [4.69, 9.17) is 0 Å². The minimum atomic E-state index is 0.133. The molecule has 0 radical (unpaired) electrons. The first-order valence-electron chi connectivity index (χ1n) is 7.71. The van der Waals surface area contributed by atoms with Crippen LogP contribution < -0.4 is 5.32 Å². The molecule has 0 aromatic carbocycles. The van der Waals surface area contributed by atoms with Crippen LogP contribution in [0.2, 0.25) is 0 Å². The lowest BCUT2D eigenvalue weighted by Gasteiger charge is -2.25. The maximum Gasteiger partial charge on any atom is 0.234 e. The molecule has 1 aromatic rings. The highest BCUT2D eigenvalue weighted by Gasteiger charge is 2.16. The highest BCUT2D eigenvalue weighted by molar-refractivity contribution is 5.78. The topological polar surface area (TPSA) is 50.2 Å². The van der Waals surface area contributed by atoms with Gasteiger partial charge in [-0.1, -0.05) is 19.9 Å². The van der Waals surface area contributed by atoms with Gasteiger partial charge in [0.2, 0.25) is 5.91 Å². The Bertz CT molecular complexity index is 504. The minimum Gasteiger partial charge on any atom is -0.355 e. The van der Waals surface area contributed by atoms with Crippen LogP contribution in [-0.4, -0.2) is 46.8 Å². The van der Waals surface area contributed by atoms with E-state index in [9.17, 15) is 4.79 Å². The molecule has 0 aliphatic carbocycles. The van der Waals surface area contributed by atoms with E-state index >= 15 is 0 Å². The number of nitrogens with one attached hydrogen (secondary N) is 1. The van der Waals surface area contributed by atoms with E-state index in [1.165, 1.54) is 11.1 Å². The molecule has 2 heterocycles. The molecule has 0 spiro atoms. The summed E-state index contributed by atoms with van der Waals surface area (Å²) in [5, 5.41) is 7.20. The summed E-state index contributed by atoms with van der Waals surface area (Å²) in [4.78, 5) is 14.0. The largest absolute Gasteiger partial charge is 0.355 e. The molecule has 5 nitrogen and oxygen atoms in total. The number of aryl methyl sites for hydroxylation is 1. The van der Waals surface area contributed by atoms with E-state index in [1.807, 2.05) is 24.1 Å². The van der Waals surface area contributed by atoms with Crippen LogP contribution >= 0.6 is 0 Å². The molecule has 0 saturated heterocycles. The molecule has 21 heavy (non-hydrogen) atoms. The molecule has 1 N–H and O–H groups in total. The van der Waals surface area contributed by atoms with E-state index in [2.05, 4.69) is 35.2 Å². The van der Waals surface area contributed by atoms with Gasteiger partial charge < -0.3 is 5.32 Å². The molecule has 116 valence electrons. The number of aromatic nitrogens is 2. The number of carbonyl (C=O) groups excluding carboxylic acids is 1. The Kier molecular flexibility index (Phi) is 5.56. The van der Waals surface area contributed by atoms with E-state index < -0.39 is 0 Å². The number of nitrogens with zero attached hydrogens (tertiary/aromatic N) is 3. The summed E-state index contributed by atoms with van der Waals surface area (Å²) in [6, 6.07) is 0. The third kappa shape index (κ3) is 5.01. The fourth-order valence-electron chi connectivity index (χ4n) is 2.46. The summed E-state index contributed by atoms with van der Waals surface area (Å²) in [6.45, 7) is 7.37. The summed E-state index contributed by atoms with van der Waals surface area (Å²) in [6.07, 6.45) is 8.17. The summed E-state index contributed by atoms with van der Waals surface area (Å²) >= 11 is 0. The highest BCUT2D eigenvalue weighted by atomic mass is 16.2. The molecule has 0 bridgehead atoms. The first-order chi connectivity index (χ1) is 10.0. The quantitative estimate of drug-likeness (QED) is 0.867. The molecule has 0 unspecified atom stereocenters. The molecule has 0 atom stereocenters. The van der Waals surface area contributed by atoms with Gasteiger partial charge in [-0.05, 0) is 24.3 Å². The summed E-state index contributed by atoms with van der Waals surface area (Å²) < 4.78 is 1.82. The Morgan fingerprint density at radius 3 is 2.86 bits per heavy atom. The van der Waals surface area contributed by atoms with Crippen LogP contribution in [0.15, 0.2) is 18.5 Å². The Morgan fingerprint density at radius 1 is 1.48 bits per heavy atom. The van der Waals surface area contributed by atoms with Crippen LogP contribution in [0.5, 0.6) is 0 Å². The van der Waals surface area contributed by atoms with E-state index in [0.717, 1.165) is 32.5 Å². The predicted octanol–water partition coefficient (Wildman–Crippen LogP) is 1.67. The standard InChI is InChI=1S/C16H26N4O/c1-13(2)4-7-17-16(21)12-20-8-5-14(6-9-20)15-10-18-19(3)11-15/h5,10-11,13H,4,6-9,12H2,1-3H3,(H,17,21). The van der Waals surface area contributed by atoms with Crippen molar-refractivity contribution in [2.75, 3.05) is 26.2 Å². The maximum absolute atomic E-state index is 11.9. The number of hydrogen-bond donors (Lipinski definition) is 1. The van der Waals surface area contributed by atoms with Gasteiger partial charge in [0, 0.05) is 38.4 Å². The second-order valence-corrected chi connectivity index (χ2v) is 6.15. The second-order valence-electron chi connectivity index (χ2n) is 6.15. The molecule has 2 rings (SSSR count). The molecule has 1 aliphatic rings. The minimum absolute atomic E-state index is 0.133. The van der Waals surface area contributed by atoms with Gasteiger partial charge in [-0.2, -0.15) is 5.10 Å². The molecule has 0 fully saturated rings. The van der Waals surface area contributed by atoms with Crippen LogP contribution in [-0.2, 0) is 11.8 Å². The van der Waals surface area contributed by atoms with Crippen molar-refractivity contribution >= 4 is 11.5 Å². The third-order valence-electron chi connectivity index (χ3n) is 3.78. The zero-order chi connectivity index (χ0) is 15.2. The van der Waals surface area contributed by atoms with Gasteiger partial charge in [0.25, 0.3) is 0 Å². The zero-order valence-corrected chi connectivity index (χ0v) is 13.3. The fourth-order valence-corrected chi connectivity index (χ4v) is 2.46. The molecule has 1 aliphatic heterocycles. The first-order valence-corrected chi connectivity index (χ1v) is 7.71. The van der Waals surface area contributed by atoms with Crippen molar-refractivity contribution in [3.05, 3.63) is 24.0 Å². The second kappa shape index (κ2) is 7.41. The van der Waals surface area contributed by atoms with Crippen molar-refractivity contribution < 1.29 is 4.79 Å². The maximum atomic E-state index is 11.9. The fraction of sp³-hybridized carbons (Fsp3) is 0.625. The van der Waals surface area contributed by atoms with Crippen molar-refractivity contribution in [3.63, 3.8) is 0 Å². The number of hydrogen-bond acceptors (Lipinski definition) is 3. The van der Waals surface area contributed by atoms with Crippen molar-refractivity contribution in [3.8, 4) is 0 Å². The molecule has 5 heteroatoms. The van der Waals surface area contributed by atoms with E-state index in [1.54, 1.807) is 0 Å². The Balaban J connectivity index is 1.75. The summed E-state index contributed by atoms with van der Waals surface area (Å²) in [5.74, 6) is 0.763. The van der Waals surface area contributed by atoms with Crippen LogP contribution in [0.4, 0.5) is 0 Å². The smallest absolute Gasteiger partial charge is 0.234 e. The Morgan fingerprint density at radius 2 is 2.29 bits per heavy atom. The van der Waals surface area contributed by atoms with Crippen LogP contribution in [0.1, 0.15) is 32.3 Å². The number of rotatable bonds is 6. The SMILES string of the molecule is CC(C)CCNC(=O)CN1CC=C(c2cnn(C)c2)CC1. The number of carbonyl (C=O) groups is 1. The summed E-state index contributed by atoms with van der Waals surface area (Å²) in [7, 11) is 1.93. The normalized spacial score (nSPS) is 16.1. The van der Waals surface area contributed by atoms with Crippen LogP contribution in [0.3, 0.4) is 0 Å². The van der Waals surface area contributed by atoms with Gasteiger partial charge >= 0.3 is 0 Å². The third-order valence-corrected chi connectivity index (χ3v) is 3.78. The average molecular weight is 290 g/mol. The highest BCUT2D eigenvalue weighted by Crippen LogP contribution is 2.21. The molecule has 1 aromatic heterocycles. The molecule has 0 saturated carbocycles. The van der Waals surface area contributed by atoms with Crippen LogP contribution in [0.25, 0.3) is 5.57 Å². The molecular formula is C16H26N4O. The van der Waals surface area contributed by atoms with Crippen molar-refractivity contribution in [1.82, 2.24) is 20.0 Å². The van der Waals surface area contributed by atoms with Crippen LogP contribution in [0, 0.1) is 5.92 Å². The Labute approximate surface area is 127 Å². The van der Waals surface area contributed by atoms with Gasteiger partial charge in [0.15, 0.2) is 0 Å². The van der Waals surface area contributed by atoms with Gasteiger partial charge in [-0.25, -0.2) is 0 Å². The van der Waals surface area contributed by atoms with Gasteiger partial charge in [0.05, 0.1) is 12.7 Å². The monoisotopic (exact) mass is 290 g/mol. The van der Waals surface area contributed by atoms with E-state index in [0.29, 0.717) is 12.5 Å². The Hall–Kier alpha value is -1.62. The molecular weight excluding hydrogens is 264 g/mol. The first kappa shape index (κ1) is 15.8. The predicted molar refractivity (Wildman–Crippen MR) is 84.7 cm³/mol. The van der Waals surface area contributed by atoms with Crippen molar-refractivity contribution in [2.24, 2.45) is 13.0 Å². The van der Waals surface area contributed by atoms with Crippen molar-refractivity contribution in [2.45, 2.75) is 26.7 Å². The lowest BCUT2D eigenvalue weighted by molar-refractivity contribution is -0.122. The van der Waals surface area contributed by atoms with Gasteiger partial charge in [0.1, 0.15) is 0 Å². The van der Waals surface area contributed by atoms with Gasteiger partial charge in [-0.3, -0.25) is 14.4 Å². The average Bonchev–Trinajstić information content (AvgIpc) is 2.86. The zero-order valence-electron chi connectivity index (χ0n) is 13.3. The number of amides is 1. The van der Waals surface area contributed by atoms with Gasteiger partial charge in [-0.15, -0.1) is 0 Å². The lowest BCUT2D eigenvalue weighted by atomic mass is 10.0. The summed E-state index contributed by atoms with van der Waals surface area (Å²) in [5.41, 5.74) is 2.53.